The Balaban J connectivity index is 0.000000307. The molecule has 0 spiro atoms. The summed E-state index contributed by atoms with van der Waals surface area (Å²) >= 11 is 0. The van der Waals surface area contributed by atoms with E-state index in [0.717, 1.165) is 13.1 Å². The molecule has 130 valence electrons. The maximum absolute atomic E-state index is 10.9. The van der Waals surface area contributed by atoms with Gasteiger partial charge in [-0.3, -0.25) is 0 Å². The van der Waals surface area contributed by atoms with Crippen molar-refractivity contribution in [1.29, 1.82) is 0 Å². The zero-order valence-electron chi connectivity index (χ0n) is 13.8. The minimum Gasteiger partial charge on any atom is -0.545 e. The van der Waals surface area contributed by atoms with Gasteiger partial charge in [0.2, 0.25) is 0 Å². The summed E-state index contributed by atoms with van der Waals surface area (Å²) in [7, 11) is 0. The minimum absolute atomic E-state index is 0.335. The van der Waals surface area contributed by atoms with E-state index in [2.05, 4.69) is 11.5 Å². The van der Waals surface area contributed by atoms with Gasteiger partial charge in [0.1, 0.15) is 0 Å². The zero-order chi connectivity index (χ0) is 17.9. The van der Waals surface area contributed by atoms with Crippen LogP contribution in [0.5, 0.6) is 0 Å². The molecule has 0 atom stereocenters. The van der Waals surface area contributed by atoms with E-state index in [1.807, 2.05) is 0 Å². The van der Waals surface area contributed by atoms with Crippen molar-refractivity contribution in [3.63, 3.8) is 0 Å². The van der Waals surface area contributed by atoms with Crippen LogP contribution < -0.4 is 21.7 Å². The highest BCUT2D eigenvalue weighted by molar-refractivity contribution is 6.10. The van der Waals surface area contributed by atoms with Gasteiger partial charge in [0, 0.05) is 11.1 Å². The van der Waals surface area contributed by atoms with Gasteiger partial charge in [0.05, 0.1) is 25.0 Å². The summed E-state index contributed by atoms with van der Waals surface area (Å²) < 4.78 is 0. The van der Waals surface area contributed by atoms with Gasteiger partial charge >= 0.3 is 0 Å². The molecule has 0 saturated carbocycles. The molecule has 0 aliphatic heterocycles. The Morgan fingerprint density at radius 3 is 1.88 bits per heavy atom. The zero-order valence-corrected chi connectivity index (χ0v) is 13.8. The molecule has 2 aromatic carbocycles. The lowest BCUT2D eigenvalue weighted by atomic mass is 9.99. The number of carboxylic acids is 2. The number of fused-ring (bicyclic) bond motifs is 1. The van der Waals surface area contributed by atoms with Crippen LogP contribution in [-0.2, 0) is 0 Å². The summed E-state index contributed by atoms with van der Waals surface area (Å²) in [4.78, 5) is 21.7. The lowest BCUT2D eigenvalue weighted by Gasteiger charge is -2.14. The maximum atomic E-state index is 10.9. The van der Waals surface area contributed by atoms with Crippen LogP contribution in [0.15, 0.2) is 36.4 Å². The van der Waals surface area contributed by atoms with Crippen molar-refractivity contribution < 1.29 is 31.3 Å². The predicted molar refractivity (Wildman–Crippen MR) is 86.6 cm³/mol. The standard InChI is InChI=1S/C12H8O4.C6H16N2/c13-11(14)9-6-5-7-3-1-2-4-8(7)10(9)12(15)16;7-5-3-1-2-4-6-8/h1-6H,(H,13,14)(H,15,16);1-8H2. The molecule has 0 heterocycles. The molecule has 6 N–H and O–H groups in total. The number of carbonyl (C=O) groups excluding carboxylic acids is 2. The Morgan fingerprint density at radius 1 is 0.792 bits per heavy atom. The van der Waals surface area contributed by atoms with Crippen molar-refractivity contribution in [2.24, 2.45) is 0 Å². The highest BCUT2D eigenvalue weighted by Crippen LogP contribution is 2.21. The molecule has 0 aliphatic rings. The number of aromatic carboxylic acids is 2. The number of rotatable bonds is 7. The third kappa shape index (κ3) is 5.64. The third-order valence-corrected chi connectivity index (χ3v) is 3.60. The van der Waals surface area contributed by atoms with Crippen LogP contribution in [-0.4, -0.2) is 25.0 Å². The van der Waals surface area contributed by atoms with E-state index in [1.54, 1.807) is 18.2 Å². The molecule has 2 rings (SSSR count). The van der Waals surface area contributed by atoms with Crippen LogP contribution in [0.3, 0.4) is 0 Å². The topological polar surface area (TPSA) is 136 Å². The smallest absolute Gasteiger partial charge is 0.0739 e. The van der Waals surface area contributed by atoms with Gasteiger partial charge < -0.3 is 31.3 Å². The lowest BCUT2D eigenvalue weighted by Crippen LogP contribution is -2.50. The van der Waals surface area contributed by atoms with Gasteiger partial charge in [-0.1, -0.05) is 36.4 Å². The summed E-state index contributed by atoms with van der Waals surface area (Å²) in [6, 6.07) is 9.34. The fraction of sp³-hybridized carbons (Fsp3) is 0.333. The van der Waals surface area contributed by atoms with E-state index < -0.39 is 11.9 Å². The molecule has 0 aliphatic carbocycles. The van der Waals surface area contributed by atoms with E-state index in [1.165, 1.54) is 43.9 Å². The van der Waals surface area contributed by atoms with Crippen molar-refractivity contribution in [2.45, 2.75) is 25.7 Å². The molecule has 0 radical (unpaired) electrons. The average molecular weight is 332 g/mol. The summed E-state index contributed by atoms with van der Waals surface area (Å²) in [5.41, 5.74) is 6.84. The van der Waals surface area contributed by atoms with Crippen LogP contribution in [0.25, 0.3) is 10.8 Å². The quantitative estimate of drug-likeness (QED) is 0.602. The maximum Gasteiger partial charge on any atom is 0.0739 e. The third-order valence-electron chi connectivity index (χ3n) is 3.60. The van der Waals surface area contributed by atoms with Gasteiger partial charge in [-0.05, 0) is 36.5 Å². The van der Waals surface area contributed by atoms with E-state index in [-0.39, 0.29) is 11.1 Å². The number of benzene rings is 2. The van der Waals surface area contributed by atoms with Crippen molar-refractivity contribution in [3.8, 4) is 0 Å². The summed E-state index contributed by atoms with van der Waals surface area (Å²) in [6.07, 6.45) is 5.28. The second kappa shape index (κ2) is 10.4. The average Bonchev–Trinajstić information content (AvgIpc) is 2.58. The molecule has 6 nitrogen and oxygen atoms in total. The first-order valence-corrected chi connectivity index (χ1v) is 8.05. The Hall–Kier alpha value is -2.44. The van der Waals surface area contributed by atoms with Crippen molar-refractivity contribution in [1.82, 2.24) is 0 Å². The molecule has 0 saturated heterocycles. The molecule has 0 fully saturated rings. The second-order valence-corrected chi connectivity index (χ2v) is 5.41. The lowest BCUT2D eigenvalue weighted by molar-refractivity contribution is -0.371. The highest BCUT2D eigenvalue weighted by Gasteiger charge is 2.08. The van der Waals surface area contributed by atoms with E-state index in [9.17, 15) is 19.8 Å². The van der Waals surface area contributed by atoms with E-state index in [4.69, 9.17) is 0 Å². The van der Waals surface area contributed by atoms with Crippen LogP contribution in [0.1, 0.15) is 46.4 Å². The molecule has 6 heteroatoms. The summed E-state index contributed by atoms with van der Waals surface area (Å²) in [5.74, 6) is -3.04. The molecule has 0 unspecified atom stereocenters. The minimum atomic E-state index is -1.52. The van der Waals surface area contributed by atoms with Crippen LogP contribution in [0, 0.1) is 0 Å². The first-order valence-electron chi connectivity index (χ1n) is 8.05. The first-order chi connectivity index (χ1) is 11.5. The molecule has 0 aromatic heterocycles. The van der Waals surface area contributed by atoms with Crippen molar-refractivity contribution in [2.75, 3.05) is 13.1 Å². The van der Waals surface area contributed by atoms with E-state index in [0.29, 0.717) is 10.8 Å². The fourth-order valence-corrected chi connectivity index (χ4v) is 2.37. The SMILES string of the molecule is O=C([O-])c1ccc2ccccc2c1C(=O)[O-].[NH3+]CCCCCC[NH3+]. The molecule has 0 bridgehead atoms. The van der Waals surface area contributed by atoms with Gasteiger partial charge in [-0.15, -0.1) is 0 Å². The number of unbranched alkanes of at least 4 members (excludes halogenated alkanes) is 3. The number of hydrogen-bond acceptors (Lipinski definition) is 4. The normalized spacial score (nSPS) is 10.1. The Bertz CT molecular complexity index is 680. The number of quaternary nitrogens is 2. The monoisotopic (exact) mass is 332 g/mol. The second-order valence-electron chi connectivity index (χ2n) is 5.41. The van der Waals surface area contributed by atoms with Crippen molar-refractivity contribution >= 4 is 22.7 Å². The molecular formula is C18H24N2O4. The molecular weight excluding hydrogens is 308 g/mol. The fourth-order valence-electron chi connectivity index (χ4n) is 2.37. The number of hydrogen-bond donors (Lipinski definition) is 2. The van der Waals surface area contributed by atoms with Crippen LogP contribution in [0.2, 0.25) is 0 Å². The van der Waals surface area contributed by atoms with Gasteiger partial charge in [0.25, 0.3) is 0 Å². The summed E-state index contributed by atoms with van der Waals surface area (Å²) in [6.45, 7) is 2.19. The molecule has 24 heavy (non-hydrogen) atoms. The first kappa shape index (κ1) is 19.6. The number of carbonyl (C=O) groups is 2. The molecule has 2 aromatic rings. The highest BCUT2D eigenvalue weighted by atomic mass is 16.4. The van der Waals surface area contributed by atoms with Gasteiger partial charge in [0.15, 0.2) is 0 Å². The van der Waals surface area contributed by atoms with Crippen LogP contribution >= 0.6 is 0 Å². The predicted octanol–water partition coefficient (Wildman–Crippen LogP) is -1.40. The Labute approximate surface area is 141 Å². The Kier molecular flexibility index (Phi) is 8.46. The van der Waals surface area contributed by atoms with Crippen molar-refractivity contribution in [3.05, 3.63) is 47.5 Å². The van der Waals surface area contributed by atoms with Gasteiger partial charge in [-0.2, -0.15) is 0 Å². The largest absolute Gasteiger partial charge is 0.545 e. The molecule has 0 amide bonds. The Morgan fingerprint density at radius 2 is 1.38 bits per heavy atom. The van der Waals surface area contributed by atoms with Gasteiger partial charge in [-0.25, -0.2) is 0 Å². The van der Waals surface area contributed by atoms with Crippen LogP contribution in [0.4, 0.5) is 0 Å². The number of carboxylic acid groups (broad SMARTS) is 2. The summed E-state index contributed by atoms with van der Waals surface area (Å²) in [5, 5.41) is 22.7. The van der Waals surface area contributed by atoms with E-state index >= 15 is 0 Å².